The molecule has 0 bridgehead atoms. The highest BCUT2D eigenvalue weighted by Gasteiger charge is 2.18. The van der Waals surface area contributed by atoms with Crippen LogP contribution in [0.5, 0.6) is 5.75 Å². The van der Waals surface area contributed by atoms with Crippen molar-refractivity contribution in [3.8, 4) is 5.75 Å². The minimum atomic E-state index is -3.70. The van der Waals surface area contributed by atoms with Crippen molar-refractivity contribution in [3.63, 3.8) is 0 Å². The van der Waals surface area contributed by atoms with Crippen LogP contribution in [0.3, 0.4) is 0 Å². The topological polar surface area (TPSA) is 102 Å². The predicted octanol–water partition coefficient (Wildman–Crippen LogP) is 3.84. The molecule has 158 valence electrons. The second-order valence-corrected chi connectivity index (χ2v) is 9.23. The first-order valence-corrected chi connectivity index (χ1v) is 11.0. The molecule has 0 aliphatic carbocycles. The molecule has 1 atom stereocenters. The van der Waals surface area contributed by atoms with Gasteiger partial charge in [0.1, 0.15) is 5.75 Å². The largest absolute Gasteiger partial charge is 0.463 e. The number of rotatable bonds is 7. The number of hydrogen-bond acceptors (Lipinski definition) is 6. The third-order valence-corrected chi connectivity index (χ3v) is 6.40. The lowest BCUT2D eigenvalue weighted by atomic mass is 10.1. The van der Waals surface area contributed by atoms with E-state index < -0.39 is 16.1 Å². The SMILES string of the molecule is Cc1cc(C)c(OC(O)CNc2cccc(S(=O)(=O)c3cccc(N)c3)c2)c(C)c1. The number of anilines is 2. The molecule has 0 heterocycles. The summed E-state index contributed by atoms with van der Waals surface area (Å²) < 4.78 is 31.4. The van der Waals surface area contributed by atoms with Crippen molar-refractivity contribution < 1.29 is 18.3 Å². The Morgan fingerprint density at radius 3 is 2.20 bits per heavy atom. The van der Waals surface area contributed by atoms with Gasteiger partial charge in [0.15, 0.2) is 0 Å². The van der Waals surface area contributed by atoms with E-state index in [0.717, 1.165) is 16.7 Å². The van der Waals surface area contributed by atoms with Crippen LogP contribution in [0.2, 0.25) is 0 Å². The van der Waals surface area contributed by atoms with Gasteiger partial charge in [0.2, 0.25) is 16.1 Å². The van der Waals surface area contributed by atoms with Crippen molar-refractivity contribution >= 4 is 21.2 Å². The summed E-state index contributed by atoms with van der Waals surface area (Å²) in [4.78, 5) is 0.270. The highest BCUT2D eigenvalue weighted by atomic mass is 32.2. The van der Waals surface area contributed by atoms with Gasteiger partial charge < -0.3 is 20.9 Å². The Balaban J connectivity index is 1.72. The lowest BCUT2D eigenvalue weighted by Gasteiger charge is -2.19. The molecule has 1 unspecified atom stereocenters. The van der Waals surface area contributed by atoms with Crippen LogP contribution in [0.4, 0.5) is 11.4 Å². The van der Waals surface area contributed by atoms with E-state index in [1.165, 1.54) is 24.3 Å². The van der Waals surface area contributed by atoms with E-state index >= 15 is 0 Å². The number of nitrogens with one attached hydrogen (secondary N) is 1. The standard InChI is InChI=1S/C23H26N2O4S/c1-15-10-16(2)23(17(3)11-15)29-22(26)14-25-19-7-5-9-21(13-19)30(27,28)20-8-4-6-18(24)12-20/h4-13,22,25-26H,14,24H2,1-3H3. The third kappa shape index (κ3) is 4.93. The van der Waals surface area contributed by atoms with Crippen LogP contribution in [0.25, 0.3) is 0 Å². The van der Waals surface area contributed by atoms with Gasteiger partial charge in [-0.25, -0.2) is 8.42 Å². The maximum atomic E-state index is 12.9. The monoisotopic (exact) mass is 426 g/mol. The van der Waals surface area contributed by atoms with E-state index in [1.54, 1.807) is 24.3 Å². The summed E-state index contributed by atoms with van der Waals surface area (Å²) in [6.07, 6.45) is -1.10. The molecule has 3 aromatic rings. The molecule has 0 aromatic heterocycles. The quantitative estimate of drug-likeness (QED) is 0.392. The summed E-state index contributed by atoms with van der Waals surface area (Å²) in [5.41, 5.74) is 9.68. The minimum Gasteiger partial charge on any atom is -0.463 e. The van der Waals surface area contributed by atoms with Gasteiger partial charge >= 0.3 is 0 Å². The van der Waals surface area contributed by atoms with Crippen molar-refractivity contribution in [1.29, 1.82) is 0 Å². The summed E-state index contributed by atoms with van der Waals surface area (Å²) in [5, 5.41) is 13.3. The van der Waals surface area contributed by atoms with E-state index in [-0.39, 0.29) is 16.3 Å². The zero-order valence-corrected chi connectivity index (χ0v) is 18.0. The second-order valence-electron chi connectivity index (χ2n) is 7.29. The lowest BCUT2D eigenvalue weighted by Crippen LogP contribution is -2.26. The number of nitrogens with two attached hydrogens (primary N) is 1. The van der Waals surface area contributed by atoms with E-state index in [2.05, 4.69) is 5.32 Å². The van der Waals surface area contributed by atoms with E-state index in [0.29, 0.717) is 17.1 Å². The van der Waals surface area contributed by atoms with Gasteiger partial charge in [-0.1, -0.05) is 29.8 Å². The first-order chi connectivity index (χ1) is 14.2. The van der Waals surface area contributed by atoms with Crippen LogP contribution in [0.15, 0.2) is 70.5 Å². The number of sulfone groups is 1. The number of aliphatic hydroxyl groups excluding tert-OH is 1. The Labute approximate surface area is 177 Å². The van der Waals surface area contributed by atoms with Crippen LogP contribution in [-0.2, 0) is 9.84 Å². The summed E-state index contributed by atoms with van der Waals surface area (Å²) in [6, 6.07) is 16.6. The molecule has 0 spiro atoms. The highest BCUT2D eigenvalue weighted by Crippen LogP contribution is 2.26. The van der Waals surface area contributed by atoms with Gasteiger partial charge in [-0.05, 0) is 68.3 Å². The molecule has 0 saturated carbocycles. The van der Waals surface area contributed by atoms with E-state index in [9.17, 15) is 13.5 Å². The number of ether oxygens (including phenoxy) is 1. The fourth-order valence-corrected chi connectivity index (χ4v) is 4.69. The van der Waals surface area contributed by atoms with Gasteiger partial charge in [-0.3, -0.25) is 0 Å². The molecule has 7 heteroatoms. The summed E-state index contributed by atoms with van der Waals surface area (Å²) in [6.45, 7) is 5.96. The molecule has 3 aromatic carbocycles. The van der Waals surface area contributed by atoms with Crippen LogP contribution in [0, 0.1) is 20.8 Å². The van der Waals surface area contributed by atoms with Gasteiger partial charge in [0.05, 0.1) is 16.3 Å². The molecule has 0 aliphatic rings. The molecule has 6 nitrogen and oxygen atoms in total. The van der Waals surface area contributed by atoms with Gasteiger partial charge in [0, 0.05) is 11.4 Å². The molecule has 4 N–H and O–H groups in total. The Morgan fingerprint density at radius 2 is 1.57 bits per heavy atom. The minimum absolute atomic E-state index is 0.0918. The molecular weight excluding hydrogens is 400 g/mol. The van der Waals surface area contributed by atoms with Crippen LogP contribution >= 0.6 is 0 Å². The van der Waals surface area contributed by atoms with Gasteiger partial charge in [-0.15, -0.1) is 0 Å². The normalized spacial score (nSPS) is 12.4. The van der Waals surface area contributed by atoms with Crippen LogP contribution < -0.4 is 15.8 Å². The van der Waals surface area contributed by atoms with Crippen LogP contribution in [-0.4, -0.2) is 26.4 Å². The molecule has 3 rings (SSSR count). The van der Waals surface area contributed by atoms with Gasteiger partial charge in [0.25, 0.3) is 0 Å². The zero-order chi connectivity index (χ0) is 21.9. The maximum Gasteiger partial charge on any atom is 0.214 e. The summed E-state index contributed by atoms with van der Waals surface area (Å²) in [5.74, 6) is 0.646. The fraction of sp³-hybridized carbons (Fsp3) is 0.217. The molecule has 0 fully saturated rings. The number of nitrogen functional groups attached to an aromatic ring is 1. The number of benzene rings is 3. The number of hydrogen-bond donors (Lipinski definition) is 3. The van der Waals surface area contributed by atoms with Crippen molar-refractivity contribution in [1.82, 2.24) is 0 Å². The average Bonchev–Trinajstić information content (AvgIpc) is 2.69. The number of aryl methyl sites for hydroxylation is 3. The molecule has 0 amide bonds. The Bertz CT molecular complexity index is 1140. The molecule has 0 radical (unpaired) electrons. The van der Waals surface area contributed by atoms with Gasteiger partial charge in [-0.2, -0.15) is 0 Å². The first kappa shape index (κ1) is 21.7. The number of aliphatic hydroxyl groups is 1. The molecular formula is C23H26N2O4S. The summed E-state index contributed by atoms with van der Waals surface area (Å²) in [7, 11) is -3.70. The Hall–Kier alpha value is -3.03. The first-order valence-electron chi connectivity index (χ1n) is 9.54. The highest BCUT2D eigenvalue weighted by molar-refractivity contribution is 7.91. The van der Waals surface area contributed by atoms with Crippen molar-refractivity contribution in [2.24, 2.45) is 0 Å². The second kappa shape index (κ2) is 8.77. The maximum absolute atomic E-state index is 12.9. The fourth-order valence-electron chi connectivity index (χ4n) is 3.33. The molecule has 30 heavy (non-hydrogen) atoms. The lowest BCUT2D eigenvalue weighted by molar-refractivity contribution is -0.00621. The average molecular weight is 427 g/mol. The smallest absolute Gasteiger partial charge is 0.214 e. The van der Waals surface area contributed by atoms with E-state index in [4.69, 9.17) is 10.5 Å². The molecule has 0 aliphatic heterocycles. The Kier molecular flexibility index (Phi) is 6.34. The van der Waals surface area contributed by atoms with Crippen molar-refractivity contribution in [2.75, 3.05) is 17.6 Å². The zero-order valence-electron chi connectivity index (χ0n) is 17.2. The third-order valence-electron chi connectivity index (χ3n) is 4.65. The Morgan fingerprint density at radius 1 is 0.967 bits per heavy atom. The summed E-state index contributed by atoms with van der Waals surface area (Å²) >= 11 is 0. The molecule has 0 saturated heterocycles. The van der Waals surface area contributed by atoms with E-state index in [1.807, 2.05) is 32.9 Å². The van der Waals surface area contributed by atoms with Crippen molar-refractivity contribution in [3.05, 3.63) is 77.4 Å². The van der Waals surface area contributed by atoms with Crippen LogP contribution in [0.1, 0.15) is 16.7 Å². The van der Waals surface area contributed by atoms with Crippen molar-refractivity contribution in [2.45, 2.75) is 36.9 Å². The predicted molar refractivity (Wildman–Crippen MR) is 119 cm³/mol.